The minimum atomic E-state index is -0.907. The molecule has 0 bridgehead atoms. The number of anilines is 1. The highest BCUT2D eigenvalue weighted by molar-refractivity contribution is 8.25. The minimum absolute atomic E-state index is 0.0592. The van der Waals surface area contributed by atoms with Crippen LogP contribution in [0.25, 0.3) is 0 Å². The number of aromatic nitrogens is 2. The normalized spacial score (nSPS) is 15.0. The van der Waals surface area contributed by atoms with Crippen molar-refractivity contribution in [3.63, 3.8) is 0 Å². The Morgan fingerprint density at radius 2 is 1.67 bits per heavy atom. The van der Waals surface area contributed by atoms with E-state index in [9.17, 15) is 9.90 Å². The Bertz CT molecular complexity index is 1400. The van der Waals surface area contributed by atoms with E-state index in [0.717, 1.165) is 11.1 Å². The molecule has 1 atom stereocenters. The lowest BCUT2D eigenvalue weighted by Gasteiger charge is -2.33. The standard InChI is InChI=1S/C29H26FN5O2S2/c30-25-22(38-24-17-33-28(39-24)35-23-13-7-8-15-31-23)14-16-32-26(25)27(37)34-18-29(19-36,20-9-3-1-4-10-20)21-11-5-2-6-12-21/h1-16,24,36H,17-19H2,(H,34,37)(H,31,33,35). The SMILES string of the molecule is O=C(NCC(CO)(c1ccccc1)c1ccccc1)c1nccc(SC2CN=C(Nc3ccccn3)S2)c1F. The molecule has 0 saturated carbocycles. The monoisotopic (exact) mass is 559 g/mol. The molecule has 4 aromatic rings. The fraction of sp³-hybridized carbons (Fsp3) is 0.172. The van der Waals surface area contributed by atoms with Gasteiger partial charge < -0.3 is 15.7 Å². The molecule has 0 fully saturated rings. The molecule has 3 heterocycles. The maximum absolute atomic E-state index is 15.5. The molecule has 1 unspecified atom stereocenters. The maximum Gasteiger partial charge on any atom is 0.273 e. The van der Waals surface area contributed by atoms with Gasteiger partial charge in [-0.3, -0.25) is 9.79 Å². The van der Waals surface area contributed by atoms with Gasteiger partial charge in [-0.1, -0.05) is 78.5 Å². The Hall–Kier alpha value is -3.73. The Morgan fingerprint density at radius 3 is 2.31 bits per heavy atom. The zero-order valence-electron chi connectivity index (χ0n) is 20.8. The average Bonchev–Trinajstić information content (AvgIpc) is 3.43. The summed E-state index contributed by atoms with van der Waals surface area (Å²) in [5, 5.41) is 17.3. The van der Waals surface area contributed by atoms with E-state index in [-0.39, 0.29) is 23.4 Å². The number of aliphatic hydroxyl groups excluding tert-OH is 1. The third-order valence-corrected chi connectivity index (χ3v) is 8.75. The first-order valence-corrected chi connectivity index (χ1v) is 14.1. The molecule has 1 amide bonds. The second kappa shape index (κ2) is 12.4. The van der Waals surface area contributed by atoms with Gasteiger partial charge in [-0.2, -0.15) is 0 Å². The van der Waals surface area contributed by atoms with Crippen LogP contribution in [0.5, 0.6) is 0 Å². The molecular weight excluding hydrogens is 533 g/mol. The molecule has 2 aromatic carbocycles. The van der Waals surface area contributed by atoms with Crippen LogP contribution in [-0.2, 0) is 5.41 Å². The zero-order valence-corrected chi connectivity index (χ0v) is 22.5. The van der Waals surface area contributed by atoms with Crippen LogP contribution in [-0.4, -0.2) is 50.4 Å². The van der Waals surface area contributed by atoms with Crippen LogP contribution in [0.15, 0.2) is 107 Å². The van der Waals surface area contributed by atoms with Gasteiger partial charge in [0.25, 0.3) is 5.91 Å². The smallest absolute Gasteiger partial charge is 0.273 e. The van der Waals surface area contributed by atoms with E-state index in [0.29, 0.717) is 22.4 Å². The van der Waals surface area contributed by atoms with Crippen molar-refractivity contribution in [1.82, 2.24) is 15.3 Å². The highest BCUT2D eigenvalue weighted by Gasteiger charge is 2.35. The van der Waals surface area contributed by atoms with Crippen molar-refractivity contribution in [3.05, 3.63) is 120 Å². The van der Waals surface area contributed by atoms with Crippen LogP contribution in [0.4, 0.5) is 10.2 Å². The van der Waals surface area contributed by atoms with Crippen LogP contribution in [0.1, 0.15) is 21.6 Å². The molecule has 1 aliphatic rings. The number of halogens is 1. The van der Waals surface area contributed by atoms with Gasteiger partial charge in [-0.25, -0.2) is 14.4 Å². The molecule has 198 valence electrons. The molecule has 3 N–H and O–H groups in total. The predicted octanol–water partition coefficient (Wildman–Crippen LogP) is 4.96. The molecule has 0 aliphatic carbocycles. The van der Waals surface area contributed by atoms with Gasteiger partial charge in [0.2, 0.25) is 0 Å². The first-order valence-electron chi connectivity index (χ1n) is 12.3. The number of carbonyl (C=O) groups is 1. The number of aliphatic hydroxyl groups is 1. The van der Waals surface area contributed by atoms with Gasteiger partial charge in [-0.05, 0) is 29.3 Å². The van der Waals surface area contributed by atoms with Crippen molar-refractivity contribution in [3.8, 4) is 0 Å². The summed E-state index contributed by atoms with van der Waals surface area (Å²) < 4.78 is 15.4. The lowest BCUT2D eigenvalue weighted by molar-refractivity contribution is 0.0928. The number of nitrogens with one attached hydrogen (secondary N) is 2. The lowest BCUT2D eigenvalue weighted by atomic mass is 9.75. The quantitative estimate of drug-likeness (QED) is 0.267. The van der Waals surface area contributed by atoms with Crippen LogP contribution >= 0.6 is 23.5 Å². The summed E-state index contributed by atoms with van der Waals surface area (Å²) in [7, 11) is 0. The molecule has 1 aliphatic heterocycles. The second-order valence-electron chi connectivity index (χ2n) is 8.78. The Balaban J connectivity index is 1.28. The Kier molecular flexibility index (Phi) is 8.55. The third kappa shape index (κ3) is 6.13. The van der Waals surface area contributed by atoms with Gasteiger partial charge in [0.1, 0.15) is 5.82 Å². The fourth-order valence-corrected chi connectivity index (χ4v) is 6.55. The molecule has 7 nitrogen and oxygen atoms in total. The first kappa shape index (κ1) is 26.9. The van der Waals surface area contributed by atoms with E-state index < -0.39 is 17.1 Å². The van der Waals surface area contributed by atoms with Gasteiger partial charge >= 0.3 is 0 Å². The number of pyridine rings is 2. The van der Waals surface area contributed by atoms with E-state index in [4.69, 9.17) is 0 Å². The molecule has 0 spiro atoms. The number of hydrogen-bond donors (Lipinski definition) is 3. The second-order valence-corrected chi connectivity index (χ2v) is 11.5. The van der Waals surface area contributed by atoms with Gasteiger partial charge in [0, 0.05) is 23.8 Å². The zero-order chi connectivity index (χ0) is 27.1. The molecule has 0 radical (unpaired) electrons. The molecule has 5 rings (SSSR count). The van der Waals surface area contributed by atoms with E-state index in [1.807, 2.05) is 78.9 Å². The summed E-state index contributed by atoms with van der Waals surface area (Å²) in [6.45, 7) is 0.297. The van der Waals surface area contributed by atoms with E-state index in [1.165, 1.54) is 29.7 Å². The number of hydrogen-bond acceptors (Lipinski definition) is 8. The summed E-state index contributed by atoms with van der Waals surface area (Å²) in [4.78, 5) is 26.3. The number of rotatable bonds is 9. The Morgan fingerprint density at radius 1 is 0.974 bits per heavy atom. The highest BCUT2D eigenvalue weighted by atomic mass is 32.2. The Labute approximate surface area is 234 Å². The van der Waals surface area contributed by atoms with Crippen LogP contribution in [0.3, 0.4) is 0 Å². The van der Waals surface area contributed by atoms with Crippen molar-refractivity contribution < 1.29 is 14.3 Å². The van der Waals surface area contributed by atoms with Gasteiger partial charge in [0.05, 0.1) is 23.1 Å². The van der Waals surface area contributed by atoms with Crippen molar-refractivity contribution in [2.45, 2.75) is 14.9 Å². The number of amides is 1. The summed E-state index contributed by atoms with van der Waals surface area (Å²) in [5.74, 6) is -0.637. The minimum Gasteiger partial charge on any atom is -0.395 e. The average molecular weight is 560 g/mol. The molecular formula is C29H26FN5O2S2. The molecule has 2 aromatic heterocycles. The molecule has 10 heteroatoms. The first-order chi connectivity index (χ1) is 19.1. The van der Waals surface area contributed by atoms with Crippen molar-refractivity contribution in [2.24, 2.45) is 4.99 Å². The number of nitrogens with zero attached hydrogens (tertiary/aromatic N) is 3. The number of amidine groups is 1. The number of thioether (sulfide) groups is 2. The van der Waals surface area contributed by atoms with E-state index in [2.05, 4.69) is 25.6 Å². The van der Waals surface area contributed by atoms with Crippen molar-refractivity contribution >= 4 is 40.4 Å². The topological polar surface area (TPSA) is 99.5 Å². The van der Waals surface area contributed by atoms with Gasteiger partial charge in [-0.15, -0.1) is 11.8 Å². The summed E-state index contributed by atoms with van der Waals surface area (Å²) >= 11 is 2.78. The van der Waals surface area contributed by atoms with E-state index in [1.54, 1.807) is 12.3 Å². The third-order valence-electron chi connectivity index (χ3n) is 6.33. The fourth-order valence-electron chi connectivity index (χ4n) is 4.29. The summed E-state index contributed by atoms with van der Waals surface area (Å²) in [5.41, 5.74) is 0.481. The molecule has 39 heavy (non-hydrogen) atoms. The van der Waals surface area contributed by atoms with Crippen LogP contribution < -0.4 is 10.6 Å². The van der Waals surface area contributed by atoms with Crippen molar-refractivity contribution in [1.29, 1.82) is 0 Å². The number of aliphatic imine (C=N–C) groups is 1. The van der Waals surface area contributed by atoms with Crippen LogP contribution in [0.2, 0.25) is 0 Å². The maximum atomic E-state index is 15.5. The number of carbonyl (C=O) groups excluding carboxylic acids is 1. The summed E-state index contributed by atoms with van der Waals surface area (Å²) in [6.07, 6.45) is 3.12. The van der Waals surface area contributed by atoms with Gasteiger partial charge in [0.15, 0.2) is 16.7 Å². The van der Waals surface area contributed by atoms with E-state index >= 15 is 4.39 Å². The summed E-state index contributed by atoms with van der Waals surface area (Å²) in [6, 6.07) is 26.1. The number of benzene rings is 2. The molecule has 0 saturated heterocycles. The lowest BCUT2D eigenvalue weighted by Crippen LogP contribution is -2.44. The van der Waals surface area contributed by atoms with Crippen molar-refractivity contribution in [2.75, 3.05) is 25.0 Å². The predicted molar refractivity (Wildman–Crippen MR) is 155 cm³/mol. The van der Waals surface area contributed by atoms with Crippen LogP contribution in [0, 0.1) is 5.82 Å². The highest BCUT2D eigenvalue weighted by Crippen LogP contribution is 2.37. The largest absolute Gasteiger partial charge is 0.395 e.